The lowest BCUT2D eigenvalue weighted by Crippen LogP contribution is -2.44. The molecule has 2 aliphatic heterocycles. The highest BCUT2D eigenvalue weighted by Crippen LogP contribution is 2.47. The second kappa shape index (κ2) is 6.10. The van der Waals surface area contributed by atoms with Crippen LogP contribution in [0.5, 0.6) is 0 Å². The van der Waals surface area contributed by atoms with Gasteiger partial charge in [0.15, 0.2) is 0 Å². The average molecular weight is 311 g/mol. The first-order chi connectivity index (χ1) is 11.3. The number of fused-ring (bicyclic) bond motifs is 2. The first-order valence-electron chi connectivity index (χ1n) is 8.81. The summed E-state index contributed by atoms with van der Waals surface area (Å²) in [5, 5.41) is 10.1. The van der Waals surface area contributed by atoms with Gasteiger partial charge in [-0.3, -0.25) is 4.79 Å². The Morgan fingerprint density at radius 2 is 2.04 bits per heavy atom. The third-order valence-corrected chi connectivity index (χ3v) is 5.74. The van der Waals surface area contributed by atoms with Crippen LogP contribution >= 0.6 is 0 Å². The second-order valence-electron chi connectivity index (χ2n) is 7.05. The van der Waals surface area contributed by atoms with Crippen LogP contribution in [0.3, 0.4) is 0 Å². The van der Waals surface area contributed by atoms with Gasteiger partial charge in [0.05, 0.1) is 5.41 Å². The minimum atomic E-state index is -0.275. The molecule has 0 bridgehead atoms. The Labute approximate surface area is 137 Å². The van der Waals surface area contributed by atoms with Crippen molar-refractivity contribution in [2.75, 3.05) is 25.0 Å². The van der Waals surface area contributed by atoms with Gasteiger partial charge in [-0.15, -0.1) is 0 Å². The van der Waals surface area contributed by atoms with Crippen molar-refractivity contribution in [3.05, 3.63) is 41.5 Å². The molecule has 1 aliphatic carbocycles. The number of carbonyl (C=O) groups excluding carboxylic acids is 1. The minimum Gasteiger partial charge on any atom is -0.325 e. The Hall–Kier alpha value is -1.65. The SMILES string of the molecule is O=C1Nc2ccccc2C12CCC(NCC1=CCNCC1)CC2. The van der Waals surface area contributed by atoms with Crippen LogP contribution in [0.15, 0.2) is 35.9 Å². The summed E-state index contributed by atoms with van der Waals surface area (Å²) in [5.74, 6) is 0.207. The molecule has 1 amide bonds. The van der Waals surface area contributed by atoms with Crippen molar-refractivity contribution in [2.24, 2.45) is 0 Å². The van der Waals surface area contributed by atoms with Gasteiger partial charge in [0.25, 0.3) is 0 Å². The molecule has 1 saturated carbocycles. The summed E-state index contributed by atoms with van der Waals surface area (Å²) < 4.78 is 0. The molecule has 0 radical (unpaired) electrons. The van der Waals surface area contributed by atoms with Crippen molar-refractivity contribution in [1.82, 2.24) is 10.6 Å². The number of nitrogens with one attached hydrogen (secondary N) is 3. The number of benzene rings is 1. The van der Waals surface area contributed by atoms with Crippen LogP contribution in [-0.4, -0.2) is 31.6 Å². The van der Waals surface area contributed by atoms with E-state index in [0.717, 1.165) is 57.4 Å². The quantitative estimate of drug-likeness (QED) is 0.751. The molecule has 2 heterocycles. The van der Waals surface area contributed by atoms with E-state index < -0.39 is 0 Å². The summed E-state index contributed by atoms with van der Waals surface area (Å²) in [4.78, 5) is 12.6. The predicted octanol–water partition coefficient (Wildman–Crippen LogP) is 2.33. The van der Waals surface area contributed by atoms with Crippen LogP contribution in [-0.2, 0) is 10.2 Å². The van der Waals surface area contributed by atoms with E-state index in [0.29, 0.717) is 6.04 Å². The van der Waals surface area contributed by atoms with E-state index in [2.05, 4.69) is 34.2 Å². The highest BCUT2D eigenvalue weighted by atomic mass is 16.2. The van der Waals surface area contributed by atoms with Gasteiger partial charge >= 0.3 is 0 Å². The van der Waals surface area contributed by atoms with Crippen LogP contribution in [0, 0.1) is 0 Å². The topological polar surface area (TPSA) is 53.2 Å². The highest BCUT2D eigenvalue weighted by Gasteiger charge is 2.48. The van der Waals surface area contributed by atoms with Gasteiger partial charge in [0.1, 0.15) is 0 Å². The molecule has 1 aromatic carbocycles. The lowest BCUT2D eigenvalue weighted by molar-refractivity contribution is -0.122. The second-order valence-corrected chi connectivity index (χ2v) is 7.05. The van der Waals surface area contributed by atoms with Crippen LogP contribution < -0.4 is 16.0 Å². The Morgan fingerprint density at radius 1 is 1.22 bits per heavy atom. The maximum atomic E-state index is 12.6. The van der Waals surface area contributed by atoms with E-state index in [9.17, 15) is 4.79 Å². The zero-order valence-electron chi connectivity index (χ0n) is 13.5. The summed E-state index contributed by atoms with van der Waals surface area (Å²) in [5.41, 5.74) is 3.48. The lowest BCUT2D eigenvalue weighted by Gasteiger charge is -2.36. The van der Waals surface area contributed by atoms with Gasteiger partial charge < -0.3 is 16.0 Å². The van der Waals surface area contributed by atoms with Gasteiger partial charge in [0, 0.05) is 24.8 Å². The molecule has 1 fully saturated rings. The zero-order valence-corrected chi connectivity index (χ0v) is 13.5. The van der Waals surface area contributed by atoms with Gasteiger partial charge in [-0.25, -0.2) is 0 Å². The van der Waals surface area contributed by atoms with Crippen molar-refractivity contribution in [3.8, 4) is 0 Å². The number of hydrogen-bond acceptors (Lipinski definition) is 3. The molecule has 3 aliphatic rings. The Bertz CT molecular complexity index is 629. The van der Waals surface area contributed by atoms with E-state index in [1.807, 2.05) is 12.1 Å². The van der Waals surface area contributed by atoms with Crippen molar-refractivity contribution in [3.63, 3.8) is 0 Å². The fourth-order valence-electron chi connectivity index (χ4n) is 4.29. The first-order valence-corrected chi connectivity index (χ1v) is 8.81. The smallest absolute Gasteiger partial charge is 0.235 e. The zero-order chi connectivity index (χ0) is 15.7. The van der Waals surface area contributed by atoms with Crippen molar-refractivity contribution in [1.29, 1.82) is 0 Å². The van der Waals surface area contributed by atoms with Gasteiger partial charge in [-0.05, 0) is 50.3 Å². The van der Waals surface area contributed by atoms with Crippen LogP contribution in [0.1, 0.15) is 37.7 Å². The van der Waals surface area contributed by atoms with Crippen LogP contribution in [0.2, 0.25) is 0 Å². The van der Waals surface area contributed by atoms with E-state index >= 15 is 0 Å². The van der Waals surface area contributed by atoms with Gasteiger partial charge in [-0.1, -0.05) is 29.8 Å². The predicted molar refractivity (Wildman–Crippen MR) is 92.6 cm³/mol. The molecule has 0 aromatic heterocycles. The molecule has 0 unspecified atom stereocenters. The maximum absolute atomic E-state index is 12.6. The summed E-state index contributed by atoms with van der Waals surface area (Å²) in [6.45, 7) is 3.10. The third kappa shape index (κ3) is 2.70. The average Bonchev–Trinajstić information content (AvgIpc) is 2.88. The summed E-state index contributed by atoms with van der Waals surface area (Å²) in [6, 6.07) is 8.74. The molecule has 0 saturated heterocycles. The molecule has 0 atom stereocenters. The normalized spacial score (nSPS) is 30.0. The number of carbonyl (C=O) groups is 1. The molecule has 4 heteroatoms. The summed E-state index contributed by atoms with van der Waals surface area (Å²) in [7, 11) is 0. The fourth-order valence-corrected chi connectivity index (χ4v) is 4.29. The Morgan fingerprint density at radius 3 is 2.83 bits per heavy atom. The molecule has 122 valence electrons. The number of para-hydroxylation sites is 1. The maximum Gasteiger partial charge on any atom is 0.235 e. The number of anilines is 1. The molecular weight excluding hydrogens is 286 g/mol. The number of rotatable bonds is 3. The van der Waals surface area contributed by atoms with E-state index in [1.165, 1.54) is 11.1 Å². The number of hydrogen-bond donors (Lipinski definition) is 3. The van der Waals surface area contributed by atoms with Crippen LogP contribution in [0.25, 0.3) is 0 Å². The van der Waals surface area contributed by atoms with Crippen molar-refractivity contribution < 1.29 is 4.79 Å². The molecule has 1 aromatic rings. The van der Waals surface area contributed by atoms with Crippen molar-refractivity contribution in [2.45, 2.75) is 43.6 Å². The van der Waals surface area contributed by atoms with Crippen LogP contribution in [0.4, 0.5) is 5.69 Å². The molecular formula is C19H25N3O. The monoisotopic (exact) mass is 311 g/mol. The molecule has 23 heavy (non-hydrogen) atoms. The Balaban J connectivity index is 1.39. The fraction of sp³-hybridized carbons (Fsp3) is 0.526. The van der Waals surface area contributed by atoms with E-state index in [1.54, 1.807) is 0 Å². The van der Waals surface area contributed by atoms with Gasteiger partial charge in [0.2, 0.25) is 5.91 Å². The lowest BCUT2D eigenvalue weighted by atomic mass is 9.69. The van der Waals surface area contributed by atoms with E-state index in [4.69, 9.17) is 0 Å². The Kier molecular flexibility index (Phi) is 3.95. The molecule has 3 N–H and O–H groups in total. The van der Waals surface area contributed by atoms with Gasteiger partial charge in [-0.2, -0.15) is 0 Å². The molecule has 4 nitrogen and oxygen atoms in total. The highest BCUT2D eigenvalue weighted by molar-refractivity contribution is 6.06. The molecule has 4 rings (SSSR count). The van der Waals surface area contributed by atoms with E-state index in [-0.39, 0.29) is 11.3 Å². The third-order valence-electron chi connectivity index (χ3n) is 5.74. The van der Waals surface area contributed by atoms with Crippen molar-refractivity contribution >= 4 is 11.6 Å². The summed E-state index contributed by atoms with van der Waals surface area (Å²) in [6.07, 6.45) is 7.52. The minimum absolute atomic E-state index is 0.207. The standard InChI is InChI=1S/C19H25N3O/c23-18-19(16-3-1-2-4-17(16)22-18)9-5-15(6-10-19)21-13-14-7-11-20-12-8-14/h1-4,7,15,20-21H,5-6,8-13H2,(H,22,23). The number of amides is 1. The summed E-state index contributed by atoms with van der Waals surface area (Å²) >= 11 is 0. The first kappa shape index (κ1) is 14.9. The largest absolute Gasteiger partial charge is 0.325 e. The molecule has 1 spiro atoms.